The molecule has 2 aromatic carbocycles. The van der Waals surface area contributed by atoms with E-state index >= 15 is 0 Å². The summed E-state index contributed by atoms with van der Waals surface area (Å²) in [5.74, 6) is 0.873. The summed E-state index contributed by atoms with van der Waals surface area (Å²) in [6.07, 6.45) is 2.81. The quantitative estimate of drug-likeness (QED) is 0.468. The third kappa shape index (κ3) is 3.21. The third-order valence-electron chi connectivity index (χ3n) is 5.24. The molecule has 0 fully saturated rings. The number of hydrogen-bond acceptors (Lipinski definition) is 3. The van der Waals surface area contributed by atoms with E-state index in [1.165, 1.54) is 22.2 Å². The Bertz CT molecular complexity index is 1120. The van der Waals surface area contributed by atoms with Gasteiger partial charge in [-0.3, -0.25) is 4.98 Å². The van der Waals surface area contributed by atoms with Crippen molar-refractivity contribution in [3.05, 3.63) is 93.8 Å². The second kappa shape index (κ2) is 7.41. The van der Waals surface area contributed by atoms with Crippen LogP contribution in [0.2, 0.25) is 0 Å². The van der Waals surface area contributed by atoms with Gasteiger partial charge in [-0.2, -0.15) is 0 Å². The summed E-state index contributed by atoms with van der Waals surface area (Å²) in [4.78, 5) is 8.00. The summed E-state index contributed by atoms with van der Waals surface area (Å²) >= 11 is 3.63. The first-order valence-corrected chi connectivity index (χ1v) is 10.2. The van der Waals surface area contributed by atoms with E-state index in [0.717, 1.165) is 34.4 Å². The number of nitrogens with zero attached hydrogens (tertiary/aromatic N) is 1. The SMILES string of the molecule is Brc1ccc(OCc2ccccn2)c([C@H]2NCCc3c2[nH]c2ccccc32)c1. The Hall–Kier alpha value is -2.63. The highest BCUT2D eigenvalue weighted by atomic mass is 79.9. The molecular formula is C23H20BrN3O. The summed E-state index contributed by atoms with van der Waals surface area (Å²) in [5, 5.41) is 4.99. The topological polar surface area (TPSA) is 49.9 Å². The van der Waals surface area contributed by atoms with Crippen LogP contribution in [-0.2, 0) is 13.0 Å². The second-order valence-electron chi connectivity index (χ2n) is 6.99. The van der Waals surface area contributed by atoms with Gasteiger partial charge in [0.25, 0.3) is 0 Å². The molecule has 5 heteroatoms. The highest BCUT2D eigenvalue weighted by Gasteiger charge is 2.27. The Morgan fingerprint density at radius 3 is 2.86 bits per heavy atom. The lowest BCUT2D eigenvalue weighted by molar-refractivity contribution is 0.295. The minimum absolute atomic E-state index is 0.0624. The lowest BCUT2D eigenvalue weighted by atomic mass is 9.94. The molecule has 1 atom stereocenters. The number of halogens is 1. The smallest absolute Gasteiger partial charge is 0.130 e. The van der Waals surface area contributed by atoms with E-state index in [2.05, 4.69) is 61.5 Å². The van der Waals surface area contributed by atoms with E-state index in [1.54, 1.807) is 6.20 Å². The van der Waals surface area contributed by atoms with Gasteiger partial charge in [0.05, 0.1) is 11.7 Å². The number of pyridine rings is 1. The van der Waals surface area contributed by atoms with Crippen molar-refractivity contribution in [2.24, 2.45) is 0 Å². The van der Waals surface area contributed by atoms with Crippen molar-refractivity contribution < 1.29 is 4.74 Å². The molecule has 0 aliphatic carbocycles. The van der Waals surface area contributed by atoms with Crippen LogP contribution in [-0.4, -0.2) is 16.5 Å². The van der Waals surface area contributed by atoms with Crippen molar-refractivity contribution in [3.8, 4) is 5.75 Å². The van der Waals surface area contributed by atoms with E-state index < -0.39 is 0 Å². The molecule has 1 aliphatic heterocycles. The summed E-state index contributed by atoms with van der Waals surface area (Å²) in [5.41, 5.74) is 5.85. The van der Waals surface area contributed by atoms with Crippen LogP contribution in [0.4, 0.5) is 0 Å². The standard InChI is InChI=1S/C23H20BrN3O/c24-15-8-9-21(28-14-16-5-3-4-11-25-16)19(13-15)22-23-18(10-12-26-22)17-6-1-2-7-20(17)27-23/h1-9,11,13,22,26-27H,10,12,14H2/t22-/m1/s1. The summed E-state index contributed by atoms with van der Waals surface area (Å²) < 4.78 is 7.22. The Kier molecular flexibility index (Phi) is 4.63. The van der Waals surface area contributed by atoms with Gasteiger partial charge in [-0.1, -0.05) is 40.2 Å². The number of nitrogens with one attached hydrogen (secondary N) is 2. The van der Waals surface area contributed by atoms with E-state index in [0.29, 0.717) is 6.61 Å². The van der Waals surface area contributed by atoms with Gasteiger partial charge in [0.2, 0.25) is 0 Å². The molecule has 5 rings (SSSR count). The Morgan fingerprint density at radius 1 is 1.07 bits per heavy atom. The minimum Gasteiger partial charge on any atom is -0.487 e. The first-order valence-electron chi connectivity index (χ1n) is 9.44. The average molecular weight is 434 g/mol. The molecule has 0 saturated carbocycles. The first kappa shape index (κ1) is 17.5. The van der Waals surface area contributed by atoms with E-state index in [-0.39, 0.29) is 6.04 Å². The van der Waals surface area contributed by atoms with E-state index in [1.807, 2.05) is 30.3 Å². The number of H-pyrrole nitrogens is 1. The van der Waals surface area contributed by atoms with Crippen molar-refractivity contribution in [2.45, 2.75) is 19.1 Å². The molecule has 140 valence electrons. The molecule has 0 radical (unpaired) electrons. The molecule has 0 saturated heterocycles. The van der Waals surface area contributed by atoms with Gasteiger partial charge >= 0.3 is 0 Å². The highest BCUT2D eigenvalue weighted by Crippen LogP contribution is 2.38. The molecule has 0 bridgehead atoms. The monoisotopic (exact) mass is 433 g/mol. The number of hydrogen-bond donors (Lipinski definition) is 2. The zero-order valence-electron chi connectivity index (χ0n) is 15.3. The molecule has 4 aromatic rings. The summed E-state index contributed by atoms with van der Waals surface area (Å²) in [6, 6.07) is 20.7. The number of aromatic amines is 1. The predicted molar refractivity (Wildman–Crippen MR) is 115 cm³/mol. The van der Waals surface area contributed by atoms with Crippen LogP contribution >= 0.6 is 15.9 Å². The maximum atomic E-state index is 6.18. The number of rotatable bonds is 4. The lowest BCUT2D eigenvalue weighted by Crippen LogP contribution is -2.30. The number of ether oxygens (including phenoxy) is 1. The van der Waals surface area contributed by atoms with Crippen LogP contribution in [0.5, 0.6) is 5.75 Å². The minimum atomic E-state index is 0.0624. The van der Waals surface area contributed by atoms with Gasteiger partial charge in [-0.05, 0) is 48.4 Å². The number of benzene rings is 2. The summed E-state index contributed by atoms with van der Waals surface area (Å²) in [7, 11) is 0. The number of para-hydroxylation sites is 1. The molecule has 0 spiro atoms. The molecule has 0 amide bonds. The van der Waals surface area contributed by atoms with Crippen molar-refractivity contribution in [1.82, 2.24) is 15.3 Å². The van der Waals surface area contributed by atoms with Crippen LogP contribution in [0.15, 0.2) is 71.3 Å². The van der Waals surface area contributed by atoms with Gasteiger partial charge in [-0.25, -0.2) is 0 Å². The predicted octanol–water partition coefficient (Wildman–Crippen LogP) is 5.14. The van der Waals surface area contributed by atoms with E-state index in [9.17, 15) is 0 Å². The summed E-state index contributed by atoms with van der Waals surface area (Å²) in [6.45, 7) is 1.38. The molecule has 0 unspecified atom stereocenters. The maximum absolute atomic E-state index is 6.18. The van der Waals surface area contributed by atoms with Crippen molar-refractivity contribution in [2.75, 3.05) is 6.54 Å². The van der Waals surface area contributed by atoms with Crippen LogP contribution in [0.1, 0.15) is 28.6 Å². The molecule has 1 aliphatic rings. The fourth-order valence-corrected chi connectivity index (χ4v) is 4.34. The Morgan fingerprint density at radius 2 is 1.96 bits per heavy atom. The van der Waals surface area contributed by atoms with Gasteiger partial charge in [0, 0.05) is 39.4 Å². The zero-order valence-corrected chi connectivity index (χ0v) is 16.9. The third-order valence-corrected chi connectivity index (χ3v) is 5.74. The van der Waals surface area contributed by atoms with Crippen LogP contribution < -0.4 is 10.1 Å². The lowest BCUT2D eigenvalue weighted by Gasteiger charge is -2.26. The number of aromatic nitrogens is 2. The van der Waals surface area contributed by atoms with Gasteiger partial charge in [0.15, 0.2) is 0 Å². The molecule has 3 heterocycles. The van der Waals surface area contributed by atoms with Gasteiger partial charge in [0.1, 0.15) is 12.4 Å². The van der Waals surface area contributed by atoms with Crippen molar-refractivity contribution in [1.29, 1.82) is 0 Å². The highest BCUT2D eigenvalue weighted by molar-refractivity contribution is 9.10. The van der Waals surface area contributed by atoms with Gasteiger partial charge < -0.3 is 15.0 Å². The fourth-order valence-electron chi connectivity index (χ4n) is 3.96. The Balaban J connectivity index is 1.54. The van der Waals surface area contributed by atoms with Crippen LogP contribution in [0.3, 0.4) is 0 Å². The van der Waals surface area contributed by atoms with Crippen molar-refractivity contribution in [3.63, 3.8) is 0 Å². The molecule has 4 nitrogen and oxygen atoms in total. The van der Waals surface area contributed by atoms with E-state index in [4.69, 9.17) is 4.74 Å². The second-order valence-corrected chi connectivity index (χ2v) is 7.91. The zero-order chi connectivity index (χ0) is 18.9. The normalized spacial score (nSPS) is 16.1. The van der Waals surface area contributed by atoms with Crippen LogP contribution in [0, 0.1) is 0 Å². The molecule has 28 heavy (non-hydrogen) atoms. The Labute approximate surface area is 172 Å². The fraction of sp³-hybridized carbons (Fsp3) is 0.174. The molecule has 2 N–H and O–H groups in total. The molecular weight excluding hydrogens is 414 g/mol. The first-order chi connectivity index (χ1) is 13.8. The van der Waals surface area contributed by atoms with Gasteiger partial charge in [-0.15, -0.1) is 0 Å². The largest absolute Gasteiger partial charge is 0.487 e. The average Bonchev–Trinajstić information content (AvgIpc) is 3.12. The maximum Gasteiger partial charge on any atom is 0.130 e. The number of fused-ring (bicyclic) bond motifs is 3. The van der Waals surface area contributed by atoms with Crippen LogP contribution in [0.25, 0.3) is 10.9 Å². The van der Waals surface area contributed by atoms with Crippen molar-refractivity contribution >= 4 is 26.8 Å². The molecule has 2 aromatic heterocycles.